The molecule has 0 aliphatic rings. The molecular formula is C21H22ClN7O3. The number of nitrogens with zero attached hydrogens (tertiary/aromatic N) is 6. The standard InChI is InChI=1S/C21H22ClN7O3/c1-11-6-8-14(9-7-11)29-13(3)16(12(2)25-29)23-15(30)10-28-17-18(24-20(28)22)26(4)21(32)27(5)19(17)31/h6-9H,10H2,1-5H3,(H,23,30). The average molecular weight is 456 g/mol. The molecule has 0 fully saturated rings. The maximum atomic E-state index is 12.9. The van der Waals surface area contributed by atoms with Gasteiger partial charge in [-0.2, -0.15) is 10.1 Å². The van der Waals surface area contributed by atoms with E-state index in [1.807, 2.05) is 38.1 Å². The molecule has 1 amide bonds. The van der Waals surface area contributed by atoms with Crippen LogP contribution in [0.5, 0.6) is 0 Å². The number of hydrogen-bond acceptors (Lipinski definition) is 5. The monoisotopic (exact) mass is 455 g/mol. The minimum absolute atomic E-state index is 0.0581. The number of amides is 1. The van der Waals surface area contributed by atoms with Gasteiger partial charge in [-0.15, -0.1) is 0 Å². The lowest BCUT2D eigenvalue weighted by Crippen LogP contribution is -2.37. The smallest absolute Gasteiger partial charge is 0.321 e. The van der Waals surface area contributed by atoms with Crippen LogP contribution in [0.4, 0.5) is 5.69 Å². The molecule has 0 spiro atoms. The van der Waals surface area contributed by atoms with Crippen LogP contribution in [0.3, 0.4) is 0 Å². The molecule has 3 heterocycles. The molecule has 0 aliphatic carbocycles. The third kappa shape index (κ3) is 3.42. The van der Waals surface area contributed by atoms with Gasteiger partial charge >= 0.3 is 5.69 Å². The quantitative estimate of drug-likeness (QED) is 0.472. The summed E-state index contributed by atoms with van der Waals surface area (Å²) in [6, 6.07) is 7.89. The van der Waals surface area contributed by atoms with Crippen molar-refractivity contribution in [2.24, 2.45) is 14.1 Å². The van der Waals surface area contributed by atoms with Gasteiger partial charge in [-0.05, 0) is 44.5 Å². The number of rotatable bonds is 4. The first-order chi connectivity index (χ1) is 15.1. The minimum Gasteiger partial charge on any atom is -0.321 e. The van der Waals surface area contributed by atoms with E-state index in [1.54, 1.807) is 11.6 Å². The predicted molar refractivity (Wildman–Crippen MR) is 122 cm³/mol. The Kier molecular flexibility index (Phi) is 5.25. The second-order valence-corrected chi connectivity index (χ2v) is 8.02. The topological polar surface area (TPSA) is 109 Å². The number of fused-ring (bicyclic) bond motifs is 1. The third-order valence-electron chi connectivity index (χ3n) is 5.44. The normalized spacial score (nSPS) is 11.3. The van der Waals surface area contributed by atoms with Crippen LogP contribution in [-0.2, 0) is 25.4 Å². The van der Waals surface area contributed by atoms with Crippen molar-refractivity contribution in [3.05, 3.63) is 67.3 Å². The fourth-order valence-electron chi connectivity index (χ4n) is 3.65. The second-order valence-electron chi connectivity index (χ2n) is 7.69. The number of hydrogen-bond donors (Lipinski definition) is 1. The zero-order valence-corrected chi connectivity index (χ0v) is 19.1. The predicted octanol–water partition coefficient (Wildman–Crippen LogP) is 1.84. The summed E-state index contributed by atoms with van der Waals surface area (Å²) in [5.74, 6) is -0.406. The van der Waals surface area contributed by atoms with Gasteiger partial charge in [0, 0.05) is 14.1 Å². The largest absolute Gasteiger partial charge is 0.332 e. The van der Waals surface area contributed by atoms with E-state index in [2.05, 4.69) is 15.4 Å². The van der Waals surface area contributed by atoms with Gasteiger partial charge < -0.3 is 5.32 Å². The van der Waals surface area contributed by atoms with Gasteiger partial charge in [0.2, 0.25) is 11.2 Å². The zero-order valence-electron chi connectivity index (χ0n) is 18.3. The lowest BCUT2D eigenvalue weighted by Gasteiger charge is -2.09. The molecule has 0 radical (unpaired) electrons. The number of carbonyl (C=O) groups is 1. The highest BCUT2D eigenvalue weighted by Crippen LogP contribution is 2.23. The zero-order chi connectivity index (χ0) is 23.3. The van der Waals surface area contributed by atoms with E-state index < -0.39 is 17.2 Å². The number of imidazole rings is 1. The Labute approximate surface area is 187 Å². The Morgan fingerprint density at radius 1 is 1.06 bits per heavy atom. The van der Waals surface area contributed by atoms with Crippen molar-refractivity contribution in [2.45, 2.75) is 27.3 Å². The van der Waals surface area contributed by atoms with Crippen molar-refractivity contribution in [2.75, 3.05) is 5.32 Å². The maximum absolute atomic E-state index is 12.9. The molecule has 166 valence electrons. The Balaban J connectivity index is 1.68. The van der Waals surface area contributed by atoms with Crippen LogP contribution in [0.2, 0.25) is 5.28 Å². The summed E-state index contributed by atoms with van der Waals surface area (Å²) in [5, 5.41) is 7.35. The molecule has 11 heteroatoms. The van der Waals surface area contributed by atoms with Gasteiger partial charge in [0.1, 0.15) is 6.54 Å². The SMILES string of the molecule is Cc1ccc(-n2nc(C)c(NC(=O)Cn3c(Cl)nc4c3c(=O)n(C)c(=O)n4C)c2C)cc1. The Morgan fingerprint density at radius 3 is 2.38 bits per heavy atom. The summed E-state index contributed by atoms with van der Waals surface area (Å²) in [4.78, 5) is 41.8. The van der Waals surface area contributed by atoms with E-state index in [9.17, 15) is 14.4 Å². The lowest BCUT2D eigenvalue weighted by atomic mass is 10.2. The fourth-order valence-corrected chi connectivity index (χ4v) is 3.87. The van der Waals surface area contributed by atoms with Crippen molar-refractivity contribution in [3.8, 4) is 5.69 Å². The van der Waals surface area contributed by atoms with Gasteiger partial charge in [-0.3, -0.25) is 23.3 Å². The molecule has 0 aliphatic heterocycles. The van der Waals surface area contributed by atoms with Crippen molar-refractivity contribution in [3.63, 3.8) is 0 Å². The first kappa shape index (κ1) is 21.6. The molecule has 3 aromatic heterocycles. The highest BCUT2D eigenvalue weighted by atomic mass is 35.5. The highest BCUT2D eigenvalue weighted by molar-refractivity contribution is 6.29. The van der Waals surface area contributed by atoms with Crippen LogP contribution in [-0.4, -0.2) is 34.4 Å². The van der Waals surface area contributed by atoms with E-state index >= 15 is 0 Å². The molecule has 0 atom stereocenters. The number of carbonyl (C=O) groups excluding carboxylic acids is 1. The molecular weight excluding hydrogens is 434 g/mol. The summed E-state index contributed by atoms with van der Waals surface area (Å²) >= 11 is 6.21. The van der Waals surface area contributed by atoms with Crippen molar-refractivity contribution in [1.82, 2.24) is 28.5 Å². The summed E-state index contributed by atoms with van der Waals surface area (Å²) in [6.45, 7) is 5.42. The number of anilines is 1. The van der Waals surface area contributed by atoms with Crippen molar-refractivity contribution >= 4 is 34.4 Å². The minimum atomic E-state index is -0.574. The summed E-state index contributed by atoms with van der Waals surface area (Å²) < 4.78 is 5.23. The molecule has 1 N–H and O–H groups in total. The fraction of sp³-hybridized carbons (Fsp3) is 0.286. The summed E-state index contributed by atoms with van der Waals surface area (Å²) in [6.07, 6.45) is 0. The van der Waals surface area contributed by atoms with E-state index in [1.165, 1.54) is 23.2 Å². The lowest BCUT2D eigenvalue weighted by molar-refractivity contribution is -0.116. The molecule has 0 unspecified atom stereocenters. The van der Waals surface area contributed by atoms with E-state index in [0.717, 1.165) is 21.5 Å². The van der Waals surface area contributed by atoms with E-state index in [4.69, 9.17) is 11.6 Å². The Hall–Kier alpha value is -3.66. The molecule has 32 heavy (non-hydrogen) atoms. The number of benzene rings is 1. The van der Waals surface area contributed by atoms with Crippen LogP contribution in [0.25, 0.3) is 16.9 Å². The molecule has 4 rings (SSSR count). The molecule has 0 bridgehead atoms. The number of aryl methyl sites for hydroxylation is 3. The molecule has 0 saturated carbocycles. The maximum Gasteiger partial charge on any atom is 0.332 e. The second kappa shape index (κ2) is 7.79. The van der Waals surface area contributed by atoms with Gasteiger partial charge in [-0.25, -0.2) is 9.48 Å². The molecule has 10 nitrogen and oxygen atoms in total. The summed E-state index contributed by atoms with van der Waals surface area (Å²) in [5.41, 5.74) is 3.11. The first-order valence-corrected chi connectivity index (χ1v) is 10.2. The van der Waals surface area contributed by atoms with Gasteiger partial charge in [0.25, 0.3) is 5.56 Å². The van der Waals surface area contributed by atoms with Gasteiger partial charge in [0.05, 0.1) is 22.8 Å². The van der Waals surface area contributed by atoms with Crippen molar-refractivity contribution in [1.29, 1.82) is 0 Å². The van der Waals surface area contributed by atoms with Crippen LogP contribution in [0.15, 0.2) is 33.9 Å². The number of nitrogens with one attached hydrogen (secondary N) is 1. The van der Waals surface area contributed by atoms with Crippen molar-refractivity contribution < 1.29 is 4.79 Å². The Morgan fingerprint density at radius 2 is 1.72 bits per heavy atom. The van der Waals surface area contributed by atoms with E-state index in [0.29, 0.717) is 11.4 Å². The van der Waals surface area contributed by atoms with Crippen LogP contribution >= 0.6 is 11.6 Å². The first-order valence-electron chi connectivity index (χ1n) is 9.85. The molecule has 4 aromatic rings. The highest BCUT2D eigenvalue weighted by Gasteiger charge is 2.21. The molecule has 1 aromatic carbocycles. The number of halogens is 1. The average Bonchev–Trinajstić information content (AvgIpc) is 3.22. The Bertz CT molecular complexity index is 1490. The number of aromatic nitrogens is 6. The third-order valence-corrected chi connectivity index (χ3v) is 5.73. The van der Waals surface area contributed by atoms with Gasteiger partial charge in [-0.1, -0.05) is 17.7 Å². The van der Waals surface area contributed by atoms with Gasteiger partial charge in [0.15, 0.2) is 11.2 Å². The van der Waals surface area contributed by atoms with E-state index in [-0.39, 0.29) is 23.0 Å². The van der Waals surface area contributed by atoms with Crippen LogP contribution in [0.1, 0.15) is 17.0 Å². The summed E-state index contributed by atoms with van der Waals surface area (Å²) in [7, 11) is 2.85. The molecule has 0 saturated heterocycles. The van der Waals surface area contributed by atoms with Crippen LogP contribution in [0, 0.1) is 20.8 Å². The van der Waals surface area contributed by atoms with Crippen LogP contribution < -0.4 is 16.6 Å².